The second-order valence-electron chi connectivity index (χ2n) is 5.29. The second kappa shape index (κ2) is 10.2. The molecule has 0 aliphatic heterocycles. The van der Waals surface area contributed by atoms with Crippen molar-refractivity contribution in [3.63, 3.8) is 0 Å². The minimum atomic E-state index is -1.90. The summed E-state index contributed by atoms with van der Waals surface area (Å²) in [6, 6.07) is 0. The Kier molecular flexibility index (Phi) is 9.88. The normalized spacial score (nSPS) is 20.6. The summed E-state index contributed by atoms with van der Waals surface area (Å²) in [5, 5.41) is 47.2. The molecule has 0 aromatic heterocycles. The van der Waals surface area contributed by atoms with E-state index in [1.54, 1.807) is 6.92 Å². The number of aliphatic hydroxyl groups excluding tert-OH is 5. The van der Waals surface area contributed by atoms with Gasteiger partial charge in [-0.1, -0.05) is 13.8 Å². The zero-order chi connectivity index (χ0) is 16.6. The van der Waals surface area contributed by atoms with E-state index in [9.17, 15) is 25.2 Å². The number of ether oxygens (including phenoxy) is 2. The first-order valence-electron chi connectivity index (χ1n) is 6.79. The van der Waals surface area contributed by atoms with E-state index in [1.807, 2.05) is 13.8 Å². The molecule has 8 heteroatoms. The lowest BCUT2D eigenvalue weighted by Gasteiger charge is -2.28. The number of aldehydes is 1. The van der Waals surface area contributed by atoms with Crippen LogP contribution in [-0.4, -0.2) is 81.8 Å². The van der Waals surface area contributed by atoms with Crippen LogP contribution < -0.4 is 0 Å². The number of hydrogen-bond acceptors (Lipinski definition) is 8. The van der Waals surface area contributed by atoms with Crippen LogP contribution in [0.2, 0.25) is 0 Å². The van der Waals surface area contributed by atoms with Gasteiger partial charge in [0, 0.05) is 0 Å². The molecule has 6 unspecified atom stereocenters. The first-order valence-corrected chi connectivity index (χ1v) is 6.79. The van der Waals surface area contributed by atoms with Gasteiger partial charge in [-0.25, -0.2) is 0 Å². The molecule has 0 amide bonds. The SMILES string of the molecule is CC(C)COC(C)OCC(O)C(O)C(O)C(O)C(O)C=O. The highest BCUT2D eigenvalue weighted by Crippen LogP contribution is 2.09. The van der Waals surface area contributed by atoms with Gasteiger partial charge in [-0.3, -0.25) is 0 Å². The Morgan fingerprint density at radius 2 is 1.38 bits per heavy atom. The highest BCUT2D eigenvalue weighted by atomic mass is 16.7. The molecule has 0 fully saturated rings. The molecular weight excluding hydrogens is 284 g/mol. The van der Waals surface area contributed by atoms with Crippen LogP contribution in [0.4, 0.5) is 0 Å². The molecule has 5 N–H and O–H groups in total. The lowest BCUT2D eigenvalue weighted by atomic mass is 10.00. The Morgan fingerprint density at radius 3 is 1.86 bits per heavy atom. The van der Waals surface area contributed by atoms with Gasteiger partial charge >= 0.3 is 0 Å². The minimum Gasteiger partial charge on any atom is -0.388 e. The zero-order valence-electron chi connectivity index (χ0n) is 12.5. The van der Waals surface area contributed by atoms with Crippen molar-refractivity contribution < 1.29 is 39.8 Å². The van der Waals surface area contributed by atoms with Crippen molar-refractivity contribution in [3.8, 4) is 0 Å². The van der Waals surface area contributed by atoms with Crippen molar-refractivity contribution in [2.75, 3.05) is 13.2 Å². The van der Waals surface area contributed by atoms with Crippen LogP contribution >= 0.6 is 0 Å². The summed E-state index contributed by atoms with van der Waals surface area (Å²) in [5.41, 5.74) is 0. The maximum absolute atomic E-state index is 10.3. The molecule has 0 saturated carbocycles. The number of carbonyl (C=O) groups excluding carboxylic acids is 1. The molecule has 21 heavy (non-hydrogen) atoms. The fourth-order valence-corrected chi connectivity index (χ4v) is 1.42. The summed E-state index contributed by atoms with van der Waals surface area (Å²) in [4.78, 5) is 10.3. The topological polar surface area (TPSA) is 137 Å². The van der Waals surface area contributed by atoms with E-state index in [-0.39, 0.29) is 12.9 Å². The van der Waals surface area contributed by atoms with Gasteiger partial charge < -0.3 is 39.8 Å². The lowest BCUT2D eigenvalue weighted by molar-refractivity contribution is -0.181. The Hall–Kier alpha value is -0.610. The molecule has 0 rings (SSSR count). The monoisotopic (exact) mass is 310 g/mol. The number of hydrogen-bond donors (Lipinski definition) is 5. The van der Waals surface area contributed by atoms with E-state index in [0.29, 0.717) is 12.5 Å². The highest BCUT2D eigenvalue weighted by molar-refractivity contribution is 5.56. The first-order chi connectivity index (χ1) is 9.70. The predicted octanol–water partition coefficient (Wildman–Crippen LogP) is -1.97. The van der Waals surface area contributed by atoms with Crippen molar-refractivity contribution in [2.45, 2.75) is 57.6 Å². The van der Waals surface area contributed by atoms with E-state index in [4.69, 9.17) is 14.6 Å². The van der Waals surface area contributed by atoms with Crippen LogP contribution in [-0.2, 0) is 14.3 Å². The smallest absolute Gasteiger partial charge is 0.154 e. The van der Waals surface area contributed by atoms with Gasteiger partial charge in [0.1, 0.15) is 30.5 Å². The van der Waals surface area contributed by atoms with Crippen LogP contribution in [0.15, 0.2) is 0 Å². The molecule has 0 radical (unpaired) electrons. The molecule has 0 aliphatic carbocycles. The molecular formula is C13H26O8. The van der Waals surface area contributed by atoms with Crippen LogP contribution in [0.1, 0.15) is 20.8 Å². The molecule has 0 saturated heterocycles. The molecule has 0 aromatic carbocycles. The molecule has 126 valence electrons. The Morgan fingerprint density at radius 1 is 0.857 bits per heavy atom. The Balaban J connectivity index is 4.19. The Bertz CT molecular complexity index is 285. The Labute approximate surface area is 123 Å². The second-order valence-corrected chi connectivity index (χ2v) is 5.29. The maximum Gasteiger partial charge on any atom is 0.154 e. The van der Waals surface area contributed by atoms with Gasteiger partial charge in [0.05, 0.1) is 13.2 Å². The standard InChI is InChI=1S/C13H26O8/c1-7(2)5-20-8(3)21-6-10(16)12(18)13(19)11(17)9(15)4-14/h4,7-13,15-19H,5-6H2,1-3H3. The molecule has 0 heterocycles. The largest absolute Gasteiger partial charge is 0.388 e. The summed E-state index contributed by atoms with van der Waals surface area (Å²) in [7, 11) is 0. The van der Waals surface area contributed by atoms with Crippen molar-refractivity contribution in [1.82, 2.24) is 0 Å². The van der Waals surface area contributed by atoms with Gasteiger partial charge in [0.2, 0.25) is 0 Å². The molecule has 0 bridgehead atoms. The van der Waals surface area contributed by atoms with Gasteiger partial charge in [0.25, 0.3) is 0 Å². The van der Waals surface area contributed by atoms with E-state index in [2.05, 4.69) is 0 Å². The average molecular weight is 310 g/mol. The summed E-state index contributed by atoms with van der Waals surface area (Å²) in [5.74, 6) is 0.313. The summed E-state index contributed by atoms with van der Waals surface area (Å²) in [6.07, 6.45) is -9.54. The number of carbonyl (C=O) groups is 1. The summed E-state index contributed by atoms with van der Waals surface area (Å²) >= 11 is 0. The molecule has 0 aliphatic rings. The van der Waals surface area contributed by atoms with E-state index >= 15 is 0 Å². The van der Waals surface area contributed by atoms with Crippen LogP contribution in [0.5, 0.6) is 0 Å². The van der Waals surface area contributed by atoms with Gasteiger partial charge in [-0.15, -0.1) is 0 Å². The van der Waals surface area contributed by atoms with Gasteiger partial charge in [-0.05, 0) is 12.8 Å². The van der Waals surface area contributed by atoms with Gasteiger partial charge in [-0.2, -0.15) is 0 Å². The number of aliphatic hydroxyl groups is 5. The van der Waals surface area contributed by atoms with Crippen molar-refractivity contribution in [3.05, 3.63) is 0 Å². The van der Waals surface area contributed by atoms with Crippen molar-refractivity contribution >= 4 is 6.29 Å². The fraction of sp³-hybridized carbons (Fsp3) is 0.923. The lowest BCUT2D eigenvalue weighted by Crippen LogP contribution is -2.50. The third-order valence-corrected chi connectivity index (χ3v) is 2.75. The van der Waals surface area contributed by atoms with E-state index in [1.165, 1.54) is 0 Å². The molecule has 6 atom stereocenters. The summed E-state index contributed by atoms with van der Waals surface area (Å²) < 4.78 is 10.4. The van der Waals surface area contributed by atoms with Crippen LogP contribution in [0, 0.1) is 5.92 Å². The molecule has 0 spiro atoms. The fourth-order valence-electron chi connectivity index (χ4n) is 1.42. The first kappa shape index (κ1) is 20.4. The average Bonchev–Trinajstić information content (AvgIpc) is 2.47. The minimum absolute atomic E-state index is 0.0192. The van der Waals surface area contributed by atoms with E-state index < -0.39 is 36.8 Å². The zero-order valence-corrected chi connectivity index (χ0v) is 12.5. The maximum atomic E-state index is 10.3. The molecule has 8 nitrogen and oxygen atoms in total. The van der Waals surface area contributed by atoms with Gasteiger partial charge in [0.15, 0.2) is 12.6 Å². The van der Waals surface area contributed by atoms with Crippen molar-refractivity contribution in [2.24, 2.45) is 5.92 Å². The van der Waals surface area contributed by atoms with Crippen LogP contribution in [0.3, 0.4) is 0 Å². The highest BCUT2D eigenvalue weighted by Gasteiger charge is 2.34. The number of rotatable bonds is 11. The molecule has 0 aromatic rings. The third-order valence-electron chi connectivity index (χ3n) is 2.75. The summed E-state index contributed by atoms with van der Waals surface area (Å²) in [6.45, 7) is 5.65. The van der Waals surface area contributed by atoms with Crippen molar-refractivity contribution in [1.29, 1.82) is 0 Å². The third kappa shape index (κ3) is 7.82. The van der Waals surface area contributed by atoms with E-state index in [0.717, 1.165) is 0 Å². The quantitative estimate of drug-likeness (QED) is 0.219. The predicted molar refractivity (Wildman–Crippen MR) is 72.3 cm³/mol. The van der Waals surface area contributed by atoms with Crippen LogP contribution in [0.25, 0.3) is 0 Å².